The molecule has 0 saturated carbocycles. The van der Waals surface area contributed by atoms with Crippen LogP contribution in [0.3, 0.4) is 0 Å². The van der Waals surface area contributed by atoms with Gasteiger partial charge in [0.05, 0.1) is 23.9 Å². The van der Waals surface area contributed by atoms with Crippen molar-refractivity contribution in [2.24, 2.45) is 0 Å². The van der Waals surface area contributed by atoms with Gasteiger partial charge in [-0.1, -0.05) is 29.5 Å². The fourth-order valence-corrected chi connectivity index (χ4v) is 4.54. The zero-order valence-electron chi connectivity index (χ0n) is 18.4. The molecular formula is C23H22N6O4S. The van der Waals surface area contributed by atoms with Crippen LogP contribution in [0.25, 0.3) is 16.7 Å². The van der Waals surface area contributed by atoms with E-state index in [4.69, 9.17) is 4.42 Å². The first-order chi connectivity index (χ1) is 16.5. The summed E-state index contributed by atoms with van der Waals surface area (Å²) >= 11 is 1.17. The van der Waals surface area contributed by atoms with E-state index >= 15 is 0 Å². The van der Waals surface area contributed by atoms with Crippen molar-refractivity contribution in [2.75, 3.05) is 31.9 Å². The molecule has 0 unspecified atom stereocenters. The number of nitrogens with one attached hydrogen (secondary N) is 1. The summed E-state index contributed by atoms with van der Waals surface area (Å²) in [6.07, 6.45) is 2.96. The first-order valence-electron chi connectivity index (χ1n) is 10.8. The summed E-state index contributed by atoms with van der Waals surface area (Å²) < 4.78 is 6.79. The van der Waals surface area contributed by atoms with Gasteiger partial charge in [0.1, 0.15) is 5.39 Å². The highest BCUT2D eigenvalue weighted by molar-refractivity contribution is 7.99. The predicted molar refractivity (Wildman–Crippen MR) is 126 cm³/mol. The van der Waals surface area contributed by atoms with Gasteiger partial charge >= 0.3 is 0 Å². The lowest BCUT2D eigenvalue weighted by Gasteiger charge is -2.34. The fraction of sp³-hybridized carbons (Fsp3) is 0.261. The molecule has 11 heteroatoms. The third kappa shape index (κ3) is 4.34. The number of thioether (sulfide) groups is 1. The van der Waals surface area contributed by atoms with E-state index < -0.39 is 0 Å². The van der Waals surface area contributed by atoms with Gasteiger partial charge < -0.3 is 19.2 Å². The van der Waals surface area contributed by atoms with Gasteiger partial charge in [0.25, 0.3) is 11.5 Å². The third-order valence-corrected chi connectivity index (χ3v) is 6.54. The van der Waals surface area contributed by atoms with Crippen LogP contribution in [0, 0.1) is 6.92 Å². The molecule has 5 rings (SSSR count). The number of aromatic amines is 1. The van der Waals surface area contributed by atoms with Crippen molar-refractivity contribution in [3.8, 4) is 5.69 Å². The van der Waals surface area contributed by atoms with E-state index in [-0.39, 0.29) is 23.1 Å². The SMILES string of the molecule is Cc1ccc(-n2ncc3c(=O)[nH]c(SCC(=O)N4CCN(C(=O)c5ccco5)CC4)nc32)cc1. The van der Waals surface area contributed by atoms with Gasteiger partial charge in [-0.2, -0.15) is 5.10 Å². The number of aromatic nitrogens is 4. The van der Waals surface area contributed by atoms with Crippen molar-refractivity contribution in [2.45, 2.75) is 12.1 Å². The van der Waals surface area contributed by atoms with Gasteiger partial charge in [-0.3, -0.25) is 14.4 Å². The number of benzene rings is 1. The quantitative estimate of drug-likeness (QED) is 0.345. The van der Waals surface area contributed by atoms with E-state index in [0.29, 0.717) is 48.1 Å². The number of fused-ring (bicyclic) bond motifs is 1. The third-order valence-electron chi connectivity index (χ3n) is 5.68. The first-order valence-corrected chi connectivity index (χ1v) is 11.8. The highest BCUT2D eigenvalue weighted by atomic mass is 32.2. The number of rotatable bonds is 5. The van der Waals surface area contributed by atoms with Crippen molar-refractivity contribution in [1.82, 2.24) is 29.5 Å². The number of piperazine rings is 1. The number of H-pyrrole nitrogens is 1. The van der Waals surface area contributed by atoms with Gasteiger partial charge in [0.15, 0.2) is 16.6 Å². The van der Waals surface area contributed by atoms with Gasteiger partial charge in [0.2, 0.25) is 5.91 Å². The summed E-state index contributed by atoms with van der Waals surface area (Å²) in [6.45, 7) is 3.75. The molecule has 0 spiro atoms. The molecule has 10 nitrogen and oxygen atoms in total. The summed E-state index contributed by atoms with van der Waals surface area (Å²) in [4.78, 5) is 48.3. The van der Waals surface area contributed by atoms with Crippen LogP contribution in [0.15, 0.2) is 63.2 Å². The second-order valence-electron chi connectivity index (χ2n) is 7.94. The lowest BCUT2D eigenvalue weighted by molar-refractivity contribution is -0.129. The summed E-state index contributed by atoms with van der Waals surface area (Å²) in [5, 5.41) is 5.05. The second kappa shape index (κ2) is 9.18. The molecule has 2 amide bonds. The lowest BCUT2D eigenvalue weighted by atomic mass is 10.2. The molecule has 1 saturated heterocycles. The zero-order chi connectivity index (χ0) is 23.7. The van der Waals surface area contributed by atoms with Crippen LogP contribution in [0.5, 0.6) is 0 Å². The maximum atomic E-state index is 12.7. The largest absolute Gasteiger partial charge is 0.459 e. The first kappa shape index (κ1) is 22.0. The number of aryl methyl sites for hydroxylation is 1. The van der Waals surface area contributed by atoms with E-state index in [2.05, 4.69) is 15.1 Å². The minimum Gasteiger partial charge on any atom is -0.459 e. The Hall–Kier alpha value is -3.86. The molecule has 3 aromatic heterocycles. The van der Waals surface area contributed by atoms with E-state index in [1.807, 2.05) is 31.2 Å². The Morgan fingerprint density at radius 3 is 2.53 bits per heavy atom. The van der Waals surface area contributed by atoms with Gasteiger partial charge in [0, 0.05) is 26.2 Å². The average Bonchev–Trinajstić information content (AvgIpc) is 3.54. The maximum Gasteiger partial charge on any atom is 0.289 e. The van der Waals surface area contributed by atoms with Crippen molar-refractivity contribution in [1.29, 1.82) is 0 Å². The van der Waals surface area contributed by atoms with E-state index in [1.165, 1.54) is 24.2 Å². The Labute approximate surface area is 198 Å². The number of furan rings is 1. The van der Waals surface area contributed by atoms with Gasteiger partial charge in [-0.05, 0) is 31.2 Å². The Bertz CT molecular complexity index is 1390. The van der Waals surface area contributed by atoms with Crippen LogP contribution in [-0.2, 0) is 4.79 Å². The molecule has 0 radical (unpaired) electrons. The molecule has 1 aliphatic rings. The highest BCUT2D eigenvalue weighted by Crippen LogP contribution is 2.19. The summed E-state index contributed by atoms with van der Waals surface area (Å²) in [6, 6.07) is 11.1. The predicted octanol–water partition coefficient (Wildman–Crippen LogP) is 2.09. The van der Waals surface area contributed by atoms with Crippen LogP contribution in [0.1, 0.15) is 16.1 Å². The van der Waals surface area contributed by atoms with Crippen LogP contribution in [-0.4, -0.2) is 73.3 Å². The molecule has 174 valence electrons. The molecule has 0 atom stereocenters. The highest BCUT2D eigenvalue weighted by Gasteiger charge is 2.26. The lowest BCUT2D eigenvalue weighted by Crippen LogP contribution is -2.51. The topological polar surface area (TPSA) is 117 Å². The Morgan fingerprint density at radius 2 is 1.82 bits per heavy atom. The van der Waals surface area contributed by atoms with E-state index in [9.17, 15) is 14.4 Å². The molecule has 34 heavy (non-hydrogen) atoms. The number of hydrogen-bond donors (Lipinski definition) is 1. The van der Waals surface area contributed by atoms with Crippen molar-refractivity contribution in [3.05, 3.63) is 70.5 Å². The number of carbonyl (C=O) groups is 2. The monoisotopic (exact) mass is 478 g/mol. The second-order valence-corrected chi connectivity index (χ2v) is 8.90. The normalized spacial score (nSPS) is 14.0. The minimum absolute atomic E-state index is 0.0788. The Morgan fingerprint density at radius 1 is 1.09 bits per heavy atom. The number of hydrogen-bond acceptors (Lipinski definition) is 7. The molecule has 4 aromatic rings. The van der Waals surface area contributed by atoms with Crippen LogP contribution >= 0.6 is 11.8 Å². The smallest absolute Gasteiger partial charge is 0.289 e. The van der Waals surface area contributed by atoms with Crippen LogP contribution in [0.4, 0.5) is 0 Å². The van der Waals surface area contributed by atoms with Gasteiger partial charge in [-0.15, -0.1) is 0 Å². The van der Waals surface area contributed by atoms with Gasteiger partial charge in [-0.25, -0.2) is 9.67 Å². The zero-order valence-corrected chi connectivity index (χ0v) is 19.2. The molecule has 4 heterocycles. The molecule has 0 aliphatic carbocycles. The Kier molecular flexibility index (Phi) is 5.93. The molecule has 1 aromatic carbocycles. The number of nitrogens with zero attached hydrogens (tertiary/aromatic N) is 5. The molecule has 1 aliphatic heterocycles. The van der Waals surface area contributed by atoms with Crippen LogP contribution in [0.2, 0.25) is 0 Å². The van der Waals surface area contributed by atoms with E-state index in [1.54, 1.807) is 26.6 Å². The minimum atomic E-state index is -0.302. The Balaban J connectivity index is 1.24. The van der Waals surface area contributed by atoms with Crippen molar-refractivity contribution >= 4 is 34.6 Å². The average molecular weight is 479 g/mol. The summed E-state index contributed by atoms with van der Waals surface area (Å²) in [5.74, 6) is 0.168. The summed E-state index contributed by atoms with van der Waals surface area (Å²) in [5.41, 5.74) is 2.05. The molecular weight excluding hydrogens is 456 g/mol. The van der Waals surface area contributed by atoms with Crippen molar-refractivity contribution in [3.63, 3.8) is 0 Å². The number of carbonyl (C=O) groups excluding carboxylic acids is 2. The standard InChI is InChI=1S/C23H22N6O4S/c1-15-4-6-16(7-5-15)29-20-17(13-24-29)21(31)26-23(25-20)34-14-19(30)27-8-10-28(11-9-27)22(32)18-3-2-12-33-18/h2-7,12-13H,8-11,14H2,1H3,(H,25,26,31). The molecule has 1 fully saturated rings. The maximum absolute atomic E-state index is 12.7. The fourth-order valence-electron chi connectivity index (χ4n) is 3.78. The van der Waals surface area contributed by atoms with Crippen molar-refractivity contribution < 1.29 is 14.0 Å². The number of amides is 2. The molecule has 1 N–H and O–H groups in total. The van der Waals surface area contributed by atoms with E-state index in [0.717, 1.165) is 11.3 Å². The molecule has 0 bridgehead atoms. The van der Waals surface area contributed by atoms with Crippen LogP contribution < -0.4 is 5.56 Å². The summed E-state index contributed by atoms with van der Waals surface area (Å²) in [7, 11) is 0.